The molecular weight excluding hydrogens is 322 g/mol. The lowest BCUT2D eigenvalue weighted by Gasteiger charge is -2.18. The lowest BCUT2D eigenvalue weighted by Crippen LogP contribution is -2.27. The zero-order valence-corrected chi connectivity index (χ0v) is 12.2. The molecule has 0 saturated carbocycles. The van der Waals surface area contributed by atoms with Crippen molar-refractivity contribution in [2.45, 2.75) is 24.3 Å². The molecule has 0 aliphatic heterocycles. The number of thioether (sulfide) groups is 1. The second kappa shape index (κ2) is 5.71. The van der Waals surface area contributed by atoms with Crippen molar-refractivity contribution in [2.24, 2.45) is 0 Å². The van der Waals surface area contributed by atoms with Gasteiger partial charge in [-0.3, -0.25) is 14.9 Å². The summed E-state index contributed by atoms with van der Waals surface area (Å²) in [5.41, 5.74) is 0.514. The zero-order valence-electron chi connectivity index (χ0n) is 9.84. The van der Waals surface area contributed by atoms with Gasteiger partial charge in [-0.2, -0.15) is 0 Å². The molecule has 0 bridgehead atoms. The number of rotatable bonds is 5. The molecule has 1 aromatic carbocycles. The molecule has 0 fully saturated rings. The van der Waals surface area contributed by atoms with Crippen molar-refractivity contribution in [2.75, 3.05) is 0 Å². The maximum atomic E-state index is 11.0. The van der Waals surface area contributed by atoms with Crippen LogP contribution in [-0.4, -0.2) is 20.7 Å². The van der Waals surface area contributed by atoms with E-state index < -0.39 is 15.6 Å². The minimum absolute atomic E-state index is 0.00179. The SMILES string of the molecule is CC(C)(SCc1ccc(Br)cc1[N+](=O)[O-])C(=O)O. The van der Waals surface area contributed by atoms with Gasteiger partial charge >= 0.3 is 5.97 Å². The Morgan fingerprint density at radius 2 is 2.17 bits per heavy atom. The molecule has 0 radical (unpaired) electrons. The average Bonchev–Trinajstić information content (AvgIpc) is 2.27. The van der Waals surface area contributed by atoms with Gasteiger partial charge in [0.15, 0.2) is 0 Å². The molecule has 0 saturated heterocycles. The van der Waals surface area contributed by atoms with Gasteiger partial charge in [-0.25, -0.2) is 0 Å². The number of aliphatic carboxylic acids is 1. The molecule has 0 unspecified atom stereocenters. The lowest BCUT2D eigenvalue weighted by molar-refractivity contribution is -0.385. The van der Waals surface area contributed by atoms with Crippen LogP contribution in [0.2, 0.25) is 0 Å². The standard InChI is InChI=1S/C11H12BrNO4S/c1-11(2,10(14)15)18-6-7-3-4-8(12)5-9(7)13(16)17/h3-5H,6H2,1-2H3,(H,14,15). The van der Waals surface area contributed by atoms with E-state index in [1.54, 1.807) is 26.0 Å². The number of nitro groups is 1. The Morgan fingerprint density at radius 1 is 1.56 bits per heavy atom. The van der Waals surface area contributed by atoms with E-state index in [0.717, 1.165) is 11.8 Å². The van der Waals surface area contributed by atoms with E-state index in [1.807, 2.05) is 0 Å². The van der Waals surface area contributed by atoms with Crippen molar-refractivity contribution in [1.29, 1.82) is 0 Å². The van der Waals surface area contributed by atoms with Crippen molar-refractivity contribution in [3.05, 3.63) is 38.3 Å². The van der Waals surface area contributed by atoms with Gasteiger partial charge in [-0.1, -0.05) is 22.0 Å². The maximum Gasteiger partial charge on any atom is 0.319 e. The highest BCUT2D eigenvalue weighted by Gasteiger charge is 2.28. The summed E-state index contributed by atoms with van der Waals surface area (Å²) in [5.74, 6) is -0.657. The number of hydrogen-bond donors (Lipinski definition) is 1. The Balaban J connectivity index is 2.92. The molecular formula is C11H12BrNO4S. The average molecular weight is 334 g/mol. The number of halogens is 1. The van der Waals surface area contributed by atoms with E-state index in [0.29, 0.717) is 10.0 Å². The van der Waals surface area contributed by atoms with Crippen LogP contribution in [0, 0.1) is 10.1 Å². The number of nitrogens with zero attached hydrogens (tertiary/aromatic N) is 1. The van der Waals surface area contributed by atoms with Crippen molar-refractivity contribution in [3.8, 4) is 0 Å². The number of nitro benzene ring substituents is 1. The Hall–Kier alpha value is -1.08. The molecule has 1 rings (SSSR count). The van der Waals surface area contributed by atoms with Crippen LogP contribution in [-0.2, 0) is 10.5 Å². The highest BCUT2D eigenvalue weighted by atomic mass is 79.9. The smallest absolute Gasteiger partial charge is 0.319 e. The minimum Gasteiger partial charge on any atom is -0.480 e. The Morgan fingerprint density at radius 3 is 2.67 bits per heavy atom. The Labute approximate surface area is 117 Å². The van der Waals surface area contributed by atoms with Gasteiger partial charge in [0.05, 0.1) is 4.92 Å². The number of hydrogen-bond acceptors (Lipinski definition) is 4. The normalized spacial score (nSPS) is 11.3. The third-order valence-corrected chi connectivity index (χ3v) is 4.19. The molecule has 0 spiro atoms. The number of carbonyl (C=O) groups is 1. The molecule has 0 aromatic heterocycles. The van der Waals surface area contributed by atoms with Gasteiger partial charge in [-0.15, -0.1) is 11.8 Å². The monoisotopic (exact) mass is 333 g/mol. The molecule has 1 aromatic rings. The quantitative estimate of drug-likeness (QED) is 0.659. The Kier molecular flexibility index (Phi) is 4.75. The van der Waals surface area contributed by atoms with E-state index in [4.69, 9.17) is 5.11 Å². The fourth-order valence-corrected chi connectivity index (χ4v) is 2.38. The van der Waals surface area contributed by atoms with Crippen LogP contribution in [0.15, 0.2) is 22.7 Å². The summed E-state index contributed by atoms with van der Waals surface area (Å²) in [6, 6.07) is 4.76. The number of carboxylic acids is 1. The summed E-state index contributed by atoms with van der Waals surface area (Å²) >= 11 is 4.33. The fraction of sp³-hybridized carbons (Fsp3) is 0.364. The number of carboxylic acid groups (broad SMARTS) is 1. The summed E-state index contributed by atoms with van der Waals surface area (Å²) < 4.78 is -0.346. The maximum absolute atomic E-state index is 11.0. The first kappa shape index (κ1) is 15.0. The van der Waals surface area contributed by atoms with Crippen LogP contribution in [0.25, 0.3) is 0 Å². The lowest BCUT2D eigenvalue weighted by atomic mass is 10.2. The van der Waals surface area contributed by atoms with Crippen molar-refractivity contribution in [1.82, 2.24) is 0 Å². The predicted octanol–water partition coefficient (Wildman–Crippen LogP) is 3.45. The highest BCUT2D eigenvalue weighted by Crippen LogP contribution is 2.32. The number of benzene rings is 1. The highest BCUT2D eigenvalue weighted by molar-refractivity contribution is 9.10. The van der Waals surface area contributed by atoms with Crippen LogP contribution >= 0.6 is 27.7 Å². The molecule has 98 valence electrons. The molecule has 1 N–H and O–H groups in total. The van der Waals surface area contributed by atoms with E-state index in [-0.39, 0.29) is 11.4 Å². The summed E-state index contributed by atoms with van der Waals surface area (Å²) in [4.78, 5) is 21.4. The molecule has 0 aliphatic rings. The summed E-state index contributed by atoms with van der Waals surface area (Å²) in [7, 11) is 0. The summed E-state index contributed by atoms with van der Waals surface area (Å²) in [6.07, 6.45) is 0. The first-order valence-electron chi connectivity index (χ1n) is 5.04. The predicted molar refractivity (Wildman–Crippen MR) is 73.8 cm³/mol. The van der Waals surface area contributed by atoms with Gasteiger partial charge in [0.2, 0.25) is 0 Å². The second-order valence-electron chi connectivity index (χ2n) is 4.13. The van der Waals surface area contributed by atoms with Gasteiger partial charge in [0.1, 0.15) is 4.75 Å². The third-order valence-electron chi connectivity index (χ3n) is 2.35. The van der Waals surface area contributed by atoms with E-state index in [9.17, 15) is 14.9 Å². The van der Waals surface area contributed by atoms with Gasteiger partial charge in [0, 0.05) is 21.9 Å². The zero-order chi connectivity index (χ0) is 13.9. The molecule has 0 aliphatic carbocycles. The minimum atomic E-state index is -0.971. The van der Waals surface area contributed by atoms with Crippen molar-refractivity contribution in [3.63, 3.8) is 0 Å². The van der Waals surface area contributed by atoms with Gasteiger partial charge in [0.25, 0.3) is 5.69 Å². The second-order valence-corrected chi connectivity index (χ2v) is 6.65. The molecule has 7 heteroatoms. The van der Waals surface area contributed by atoms with E-state index in [1.165, 1.54) is 6.07 Å². The summed E-state index contributed by atoms with van der Waals surface area (Å²) in [5, 5.41) is 19.9. The van der Waals surface area contributed by atoms with Crippen LogP contribution in [0.5, 0.6) is 0 Å². The Bertz CT molecular complexity index is 490. The van der Waals surface area contributed by atoms with Crippen molar-refractivity contribution < 1.29 is 14.8 Å². The fourth-order valence-electron chi connectivity index (χ4n) is 1.15. The molecule has 18 heavy (non-hydrogen) atoms. The van der Waals surface area contributed by atoms with Gasteiger partial charge < -0.3 is 5.11 Å². The van der Waals surface area contributed by atoms with Crippen LogP contribution in [0.1, 0.15) is 19.4 Å². The van der Waals surface area contributed by atoms with Crippen LogP contribution in [0.4, 0.5) is 5.69 Å². The molecule has 0 atom stereocenters. The first-order valence-corrected chi connectivity index (χ1v) is 6.82. The van der Waals surface area contributed by atoms with Crippen molar-refractivity contribution >= 4 is 39.3 Å². The topological polar surface area (TPSA) is 80.4 Å². The molecule has 0 heterocycles. The third kappa shape index (κ3) is 3.71. The van der Waals surface area contributed by atoms with E-state index >= 15 is 0 Å². The summed E-state index contributed by atoms with van der Waals surface area (Å²) in [6.45, 7) is 3.15. The van der Waals surface area contributed by atoms with E-state index in [2.05, 4.69) is 15.9 Å². The van der Waals surface area contributed by atoms with Crippen LogP contribution < -0.4 is 0 Å². The molecule has 5 nitrogen and oxygen atoms in total. The molecule has 0 amide bonds. The first-order chi connectivity index (χ1) is 8.24. The van der Waals surface area contributed by atoms with Gasteiger partial charge in [-0.05, 0) is 19.9 Å². The van der Waals surface area contributed by atoms with Crippen LogP contribution in [0.3, 0.4) is 0 Å². The largest absolute Gasteiger partial charge is 0.480 e.